The van der Waals surface area contributed by atoms with Crippen LogP contribution >= 0.6 is 11.3 Å². The van der Waals surface area contributed by atoms with Crippen molar-refractivity contribution in [3.8, 4) is 44.5 Å². The van der Waals surface area contributed by atoms with Crippen molar-refractivity contribution in [3.05, 3.63) is 283 Å². The predicted molar refractivity (Wildman–Crippen MR) is 285 cm³/mol. The lowest BCUT2D eigenvalue weighted by Gasteiger charge is -2.34. The molecular weight excluding hydrogens is 827 g/mol. The summed E-state index contributed by atoms with van der Waals surface area (Å²) in [6, 6.07) is 96.3. The third kappa shape index (κ3) is 6.44. The number of hydrogen-bond acceptors (Lipinski definition) is 2. The van der Waals surface area contributed by atoms with Gasteiger partial charge in [0.2, 0.25) is 0 Å². The van der Waals surface area contributed by atoms with E-state index >= 15 is 0 Å². The molecule has 0 radical (unpaired) electrons. The smallest absolute Gasteiger partial charge is 0.0713 e. The molecule has 67 heavy (non-hydrogen) atoms. The maximum absolute atomic E-state index is 2.45. The van der Waals surface area contributed by atoms with Gasteiger partial charge in [-0.15, -0.1) is 11.3 Å². The molecule has 11 aromatic carbocycles. The molecule has 0 bridgehead atoms. The van der Waals surface area contributed by atoms with Crippen LogP contribution in [0.25, 0.3) is 75.5 Å². The summed E-state index contributed by atoms with van der Waals surface area (Å²) in [5, 5.41) is 5.12. The van der Waals surface area contributed by atoms with Crippen LogP contribution < -0.4 is 4.90 Å². The van der Waals surface area contributed by atoms with Crippen LogP contribution in [0.15, 0.2) is 261 Å². The van der Waals surface area contributed by atoms with Crippen molar-refractivity contribution in [1.82, 2.24) is 0 Å². The highest BCUT2D eigenvalue weighted by Gasteiger charge is 2.46. The monoisotopic (exact) mass is 869 g/mol. The molecule has 0 saturated carbocycles. The fourth-order valence-electron chi connectivity index (χ4n) is 10.9. The molecule has 0 N–H and O–H groups in total. The Morgan fingerprint density at radius 2 is 0.851 bits per heavy atom. The Morgan fingerprint density at radius 1 is 0.299 bits per heavy atom. The maximum atomic E-state index is 2.45. The van der Waals surface area contributed by atoms with E-state index in [0.717, 1.165) is 17.1 Å². The Balaban J connectivity index is 0.928. The summed E-state index contributed by atoms with van der Waals surface area (Å²) in [6.45, 7) is 0. The normalized spacial score (nSPS) is 12.6. The van der Waals surface area contributed by atoms with Crippen molar-refractivity contribution in [1.29, 1.82) is 0 Å². The van der Waals surface area contributed by atoms with Gasteiger partial charge in [-0.1, -0.05) is 200 Å². The highest BCUT2D eigenvalue weighted by Crippen LogP contribution is 2.57. The van der Waals surface area contributed by atoms with Crippen LogP contribution in [0, 0.1) is 0 Å². The summed E-state index contributed by atoms with van der Waals surface area (Å²) in [4.78, 5) is 2.40. The first-order valence-corrected chi connectivity index (χ1v) is 23.9. The number of thiophene rings is 1. The van der Waals surface area contributed by atoms with Gasteiger partial charge in [0.15, 0.2) is 0 Å². The van der Waals surface area contributed by atoms with E-state index < -0.39 is 5.41 Å². The summed E-state index contributed by atoms with van der Waals surface area (Å²) in [7, 11) is 0. The summed E-state index contributed by atoms with van der Waals surface area (Å²) in [6.07, 6.45) is 0. The second-order valence-electron chi connectivity index (χ2n) is 17.6. The average molecular weight is 870 g/mol. The Hall–Kier alpha value is -8.30. The standard InChI is InChI=1S/C65H43NS/c1-3-18-51(19-4-1)65(52-20-5-2-6-21-52)60-26-11-9-23-57(60)58-40-35-50(43-61(58)65)45-31-36-53(37-32-45)66(55-22-13-17-48(42-55)49-30-29-44-15-7-8-16-47(44)41-49)54-38-33-46(34-39-54)56-25-14-28-63-64(56)59-24-10-12-27-62(59)67-63/h1-43H. The Labute approximate surface area is 395 Å². The first-order chi connectivity index (χ1) is 33.2. The van der Waals surface area contributed by atoms with E-state index in [0.29, 0.717) is 0 Å². The van der Waals surface area contributed by atoms with Gasteiger partial charge in [0.25, 0.3) is 0 Å². The minimum absolute atomic E-state index is 0.453. The van der Waals surface area contributed by atoms with Crippen LogP contribution in [0.1, 0.15) is 22.3 Å². The van der Waals surface area contributed by atoms with E-state index in [1.165, 1.54) is 97.7 Å². The summed E-state index contributed by atoms with van der Waals surface area (Å²) in [5.41, 5.74) is 17.8. The summed E-state index contributed by atoms with van der Waals surface area (Å²) < 4.78 is 2.63. The molecule has 1 heterocycles. The Kier molecular flexibility index (Phi) is 9.33. The minimum Gasteiger partial charge on any atom is -0.310 e. The molecule has 0 fully saturated rings. The average Bonchev–Trinajstić information content (AvgIpc) is 3.94. The molecule has 314 valence electrons. The number of rotatable bonds is 8. The van der Waals surface area contributed by atoms with Crippen molar-refractivity contribution in [3.63, 3.8) is 0 Å². The molecule has 12 aromatic rings. The summed E-state index contributed by atoms with van der Waals surface area (Å²) in [5.74, 6) is 0. The zero-order chi connectivity index (χ0) is 44.3. The number of nitrogens with zero attached hydrogens (tertiary/aromatic N) is 1. The maximum Gasteiger partial charge on any atom is 0.0713 e. The van der Waals surface area contributed by atoms with Crippen molar-refractivity contribution in [2.75, 3.05) is 4.90 Å². The molecule has 1 nitrogen and oxygen atoms in total. The van der Waals surface area contributed by atoms with Crippen LogP contribution in [0.5, 0.6) is 0 Å². The molecule has 0 saturated heterocycles. The number of anilines is 3. The van der Waals surface area contributed by atoms with Crippen molar-refractivity contribution in [2.24, 2.45) is 0 Å². The zero-order valence-electron chi connectivity index (χ0n) is 36.7. The Morgan fingerprint density at radius 3 is 1.63 bits per heavy atom. The van der Waals surface area contributed by atoms with Crippen LogP contribution in [-0.2, 0) is 5.41 Å². The van der Waals surface area contributed by atoms with E-state index in [-0.39, 0.29) is 0 Å². The molecular formula is C65H43NS. The van der Waals surface area contributed by atoms with Crippen LogP contribution in [-0.4, -0.2) is 0 Å². The third-order valence-corrected chi connectivity index (χ3v) is 15.1. The molecule has 0 unspecified atom stereocenters. The fourth-order valence-corrected chi connectivity index (χ4v) is 12.0. The molecule has 0 spiro atoms. The lowest BCUT2D eigenvalue weighted by Crippen LogP contribution is -2.28. The van der Waals surface area contributed by atoms with E-state index in [2.05, 4.69) is 266 Å². The Bertz CT molecular complexity index is 3750. The predicted octanol–water partition coefficient (Wildman–Crippen LogP) is 18.0. The number of benzene rings is 11. The number of hydrogen-bond donors (Lipinski definition) is 0. The van der Waals surface area contributed by atoms with Crippen LogP contribution in [0.4, 0.5) is 17.1 Å². The third-order valence-electron chi connectivity index (χ3n) is 13.9. The quantitative estimate of drug-likeness (QED) is 0.147. The number of fused-ring (bicyclic) bond motifs is 7. The highest BCUT2D eigenvalue weighted by molar-refractivity contribution is 7.25. The van der Waals surface area contributed by atoms with Crippen molar-refractivity contribution >= 4 is 59.3 Å². The van der Waals surface area contributed by atoms with Gasteiger partial charge in [-0.05, 0) is 138 Å². The van der Waals surface area contributed by atoms with Crippen molar-refractivity contribution in [2.45, 2.75) is 5.41 Å². The van der Waals surface area contributed by atoms with E-state index in [1.54, 1.807) is 0 Å². The molecule has 0 atom stereocenters. The SMILES string of the molecule is c1ccc(C2(c3ccccc3)c3ccccc3-c3ccc(-c4ccc(N(c5ccc(-c6cccc7sc8ccccc8c67)cc5)c5cccc(-c6ccc7ccccc7c6)c5)cc4)cc32)cc1. The topological polar surface area (TPSA) is 3.24 Å². The molecule has 1 aliphatic carbocycles. The first-order valence-electron chi connectivity index (χ1n) is 23.1. The van der Waals surface area contributed by atoms with Gasteiger partial charge in [-0.25, -0.2) is 0 Å². The van der Waals surface area contributed by atoms with E-state index in [9.17, 15) is 0 Å². The van der Waals surface area contributed by atoms with E-state index in [4.69, 9.17) is 0 Å². The summed E-state index contributed by atoms with van der Waals surface area (Å²) >= 11 is 1.86. The van der Waals surface area contributed by atoms with Gasteiger partial charge in [-0.2, -0.15) is 0 Å². The van der Waals surface area contributed by atoms with Gasteiger partial charge >= 0.3 is 0 Å². The lowest BCUT2D eigenvalue weighted by atomic mass is 9.67. The van der Waals surface area contributed by atoms with Crippen molar-refractivity contribution < 1.29 is 0 Å². The molecule has 0 aliphatic heterocycles. The van der Waals surface area contributed by atoms with Crippen LogP contribution in [0.2, 0.25) is 0 Å². The van der Waals surface area contributed by atoms with Gasteiger partial charge in [-0.3, -0.25) is 0 Å². The van der Waals surface area contributed by atoms with E-state index in [1.807, 2.05) is 11.3 Å². The highest BCUT2D eigenvalue weighted by atomic mass is 32.1. The second-order valence-corrected chi connectivity index (χ2v) is 18.7. The first kappa shape index (κ1) is 39.1. The molecule has 13 rings (SSSR count). The van der Waals surface area contributed by atoms with Gasteiger partial charge < -0.3 is 4.90 Å². The second kappa shape index (κ2) is 16.0. The molecule has 0 amide bonds. The largest absolute Gasteiger partial charge is 0.310 e. The molecule has 1 aromatic heterocycles. The minimum atomic E-state index is -0.453. The van der Waals surface area contributed by atoms with Gasteiger partial charge in [0.05, 0.1) is 5.41 Å². The lowest BCUT2D eigenvalue weighted by molar-refractivity contribution is 0.769. The molecule has 2 heteroatoms. The fraction of sp³-hybridized carbons (Fsp3) is 0.0154. The molecule has 1 aliphatic rings. The zero-order valence-corrected chi connectivity index (χ0v) is 37.5. The van der Waals surface area contributed by atoms with Gasteiger partial charge in [0, 0.05) is 37.2 Å². The van der Waals surface area contributed by atoms with Gasteiger partial charge in [0.1, 0.15) is 0 Å². The van der Waals surface area contributed by atoms with Crippen LogP contribution in [0.3, 0.4) is 0 Å².